The van der Waals surface area contributed by atoms with E-state index in [-0.39, 0.29) is 55.6 Å². The Kier molecular flexibility index (Phi) is 11.7. The van der Waals surface area contributed by atoms with Gasteiger partial charge in [-0.25, -0.2) is 19.6 Å². The summed E-state index contributed by atoms with van der Waals surface area (Å²) in [5, 5.41) is 4.16. The lowest BCUT2D eigenvalue weighted by molar-refractivity contribution is -0.143. The number of rotatable bonds is 9. The van der Waals surface area contributed by atoms with Crippen LogP contribution in [-0.2, 0) is 41.7 Å². The van der Waals surface area contributed by atoms with Crippen molar-refractivity contribution in [3.05, 3.63) is 65.5 Å². The largest absolute Gasteiger partial charge is 0.444 e. The lowest BCUT2D eigenvalue weighted by Crippen LogP contribution is -2.59. The van der Waals surface area contributed by atoms with Crippen LogP contribution in [0.5, 0.6) is 0 Å². The molecule has 4 atom stereocenters. The number of hydrogen-bond donors (Lipinski definition) is 0. The molecule has 0 N–H and O–H groups in total. The van der Waals surface area contributed by atoms with Crippen LogP contribution in [0.25, 0.3) is 11.1 Å². The number of aryl methyl sites for hydroxylation is 1. The predicted octanol–water partition coefficient (Wildman–Crippen LogP) is 8.34. The summed E-state index contributed by atoms with van der Waals surface area (Å²) in [5.41, 5.74) is -2.00. The molecule has 5 rings (SSSR count). The number of alkyl halides is 6. The quantitative estimate of drug-likeness (QED) is 0.203. The Balaban J connectivity index is 1.39. The van der Waals surface area contributed by atoms with Crippen LogP contribution < -0.4 is 0 Å². The highest BCUT2D eigenvalue weighted by Crippen LogP contribution is 2.41. The van der Waals surface area contributed by atoms with Crippen molar-refractivity contribution in [1.82, 2.24) is 29.5 Å². The molecule has 2 saturated heterocycles. The van der Waals surface area contributed by atoms with Gasteiger partial charge in [-0.2, -0.15) is 31.4 Å². The van der Waals surface area contributed by atoms with E-state index in [2.05, 4.69) is 15.1 Å². The van der Waals surface area contributed by atoms with Crippen molar-refractivity contribution >= 4 is 12.2 Å². The number of aromatic nitrogens is 4. The smallest absolute Gasteiger partial charge is 0.416 e. The van der Waals surface area contributed by atoms with E-state index in [0.717, 1.165) is 17.7 Å². The molecule has 2 aliphatic rings. The summed E-state index contributed by atoms with van der Waals surface area (Å²) in [4.78, 5) is 38.3. The fourth-order valence-electron chi connectivity index (χ4n) is 7.18. The average molecular weight is 753 g/mol. The molecule has 290 valence electrons. The number of likely N-dealkylation sites (tertiary alicyclic amines) is 2. The van der Waals surface area contributed by atoms with Crippen LogP contribution in [0.4, 0.5) is 35.9 Å². The number of ether oxygens (including phenoxy) is 2. The zero-order chi connectivity index (χ0) is 38.9. The van der Waals surface area contributed by atoms with Gasteiger partial charge in [-0.1, -0.05) is 13.8 Å². The minimum absolute atomic E-state index is 0.0911. The van der Waals surface area contributed by atoms with Gasteiger partial charge >= 0.3 is 24.5 Å². The molecule has 1 aromatic carbocycles. The van der Waals surface area contributed by atoms with Gasteiger partial charge in [0.25, 0.3) is 0 Å². The Labute approximate surface area is 304 Å². The zero-order valence-corrected chi connectivity index (χ0v) is 30.7. The van der Waals surface area contributed by atoms with Gasteiger partial charge in [0, 0.05) is 55.3 Å². The summed E-state index contributed by atoms with van der Waals surface area (Å²) >= 11 is 0. The van der Waals surface area contributed by atoms with Crippen molar-refractivity contribution < 1.29 is 45.4 Å². The maximum Gasteiger partial charge on any atom is 0.416 e. The highest BCUT2D eigenvalue weighted by Gasteiger charge is 2.44. The average Bonchev–Trinajstić information content (AvgIpc) is 3.49. The Morgan fingerprint density at radius 2 is 1.40 bits per heavy atom. The predicted molar refractivity (Wildman–Crippen MR) is 182 cm³/mol. The molecule has 2 aliphatic heterocycles. The number of hydrogen-bond acceptors (Lipinski definition) is 7. The van der Waals surface area contributed by atoms with E-state index in [0.29, 0.717) is 37.1 Å². The van der Waals surface area contributed by atoms with Crippen LogP contribution >= 0.6 is 0 Å². The van der Waals surface area contributed by atoms with Gasteiger partial charge in [0.05, 0.1) is 30.4 Å². The highest BCUT2D eigenvalue weighted by atomic mass is 19.4. The molecule has 0 saturated carbocycles. The minimum atomic E-state index is -4.98. The van der Waals surface area contributed by atoms with Gasteiger partial charge in [-0.3, -0.25) is 4.68 Å². The molecule has 0 bridgehead atoms. The number of benzene rings is 1. The first-order chi connectivity index (χ1) is 24.7. The SMILES string of the molecule is CCC1CC([C@@H](Cc2cc(C(F)(F)F)cc(C(F)(F)F)c2)Cc2ncc(-c3cnn(C)c3)cn2)C[C@@H](CC)N1C(=O)OC1CN(C(=O)OC(C)(C)C)C1. The van der Waals surface area contributed by atoms with Gasteiger partial charge in [0.1, 0.15) is 17.5 Å². The standard InChI is InChI=1S/C37H46F6N6O4/c1-7-29-12-24(13-30(8-2)49(29)34(51)52-31-20-48(21-31)33(50)53-35(3,4)5)23(14-32-44-16-25(17-45-32)26-18-46-47(6)19-26)9-22-10-27(36(38,39)40)15-28(11-22)37(41,42)43/h10-11,15-19,23-24,29-31H,7-9,12-14,20-21H2,1-6H3/t23-,24?,29+,30?/m0/s1. The van der Waals surface area contributed by atoms with Crippen LogP contribution in [0.2, 0.25) is 0 Å². The van der Waals surface area contributed by atoms with Crippen molar-refractivity contribution in [2.45, 2.75) is 109 Å². The molecule has 2 amide bonds. The van der Waals surface area contributed by atoms with E-state index in [1.165, 1.54) is 4.90 Å². The second-order valence-corrected chi connectivity index (χ2v) is 15.0. The van der Waals surface area contributed by atoms with Crippen molar-refractivity contribution in [3.8, 4) is 11.1 Å². The van der Waals surface area contributed by atoms with Crippen molar-refractivity contribution in [1.29, 1.82) is 0 Å². The fraction of sp³-hybridized carbons (Fsp3) is 0.595. The zero-order valence-electron chi connectivity index (χ0n) is 30.7. The molecule has 2 aromatic heterocycles. The van der Waals surface area contributed by atoms with Crippen molar-refractivity contribution in [2.24, 2.45) is 18.9 Å². The second-order valence-electron chi connectivity index (χ2n) is 15.0. The van der Waals surface area contributed by atoms with E-state index < -0.39 is 53.3 Å². The molecule has 2 unspecified atom stereocenters. The lowest BCUT2D eigenvalue weighted by Gasteiger charge is -2.47. The Morgan fingerprint density at radius 1 is 0.830 bits per heavy atom. The Morgan fingerprint density at radius 3 is 1.87 bits per heavy atom. The van der Waals surface area contributed by atoms with E-state index in [4.69, 9.17) is 9.47 Å². The number of carbonyl (C=O) groups is 2. The van der Waals surface area contributed by atoms with Gasteiger partial charge in [-0.05, 0) is 88.5 Å². The molecule has 16 heteroatoms. The van der Waals surface area contributed by atoms with Crippen LogP contribution in [0.3, 0.4) is 0 Å². The normalized spacial score (nSPS) is 20.6. The Bertz CT molecular complexity index is 1690. The fourth-order valence-corrected chi connectivity index (χ4v) is 7.18. The lowest BCUT2D eigenvalue weighted by atomic mass is 9.73. The third-order valence-electron chi connectivity index (χ3n) is 9.86. The molecule has 3 aromatic rings. The summed E-state index contributed by atoms with van der Waals surface area (Å²) in [6.07, 6.45) is -2.71. The van der Waals surface area contributed by atoms with E-state index >= 15 is 0 Å². The summed E-state index contributed by atoms with van der Waals surface area (Å²) in [7, 11) is 1.77. The van der Waals surface area contributed by atoms with Gasteiger partial charge in [-0.15, -0.1) is 0 Å². The number of piperidine rings is 1. The Hall–Kier alpha value is -4.37. The summed E-state index contributed by atoms with van der Waals surface area (Å²) in [5.74, 6) is -0.266. The topological polar surface area (TPSA) is 103 Å². The molecule has 0 radical (unpaired) electrons. The number of carbonyl (C=O) groups excluding carboxylic acids is 2. The summed E-state index contributed by atoms with van der Waals surface area (Å²) < 4.78 is 95.9. The maximum absolute atomic E-state index is 13.8. The van der Waals surface area contributed by atoms with E-state index in [1.807, 2.05) is 13.8 Å². The first kappa shape index (κ1) is 39.8. The van der Waals surface area contributed by atoms with Crippen LogP contribution in [0.1, 0.15) is 82.8 Å². The highest BCUT2D eigenvalue weighted by molar-refractivity contribution is 5.71. The third-order valence-corrected chi connectivity index (χ3v) is 9.86. The molecule has 0 aliphatic carbocycles. The molecule has 0 spiro atoms. The first-order valence-electron chi connectivity index (χ1n) is 17.8. The third kappa shape index (κ3) is 9.99. The number of halogens is 6. The number of nitrogens with zero attached hydrogens (tertiary/aromatic N) is 6. The van der Waals surface area contributed by atoms with Crippen molar-refractivity contribution in [3.63, 3.8) is 0 Å². The molecular formula is C37H46F6N6O4. The van der Waals surface area contributed by atoms with E-state index in [9.17, 15) is 35.9 Å². The van der Waals surface area contributed by atoms with Gasteiger partial charge in [0.2, 0.25) is 0 Å². The monoisotopic (exact) mass is 752 g/mol. The van der Waals surface area contributed by atoms with Gasteiger partial charge < -0.3 is 19.3 Å². The molecule has 10 nitrogen and oxygen atoms in total. The molecule has 4 heterocycles. The van der Waals surface area contributed by atoms with Crippen LogP contribution in [-0.4, -0.2) is 78.6 Å². The van der Waals surface area contributed by atoms with E-state index in [1.54, 1.807) is 62.2 Å². The molecule has 2 fully saturated rings. The maximum atomic E-state index is 13.8. The molecule has 53 heavy (non-hydrogen) atoms. The second kappa shape index (κ2) is 15.5. The van der Waals surface area contributed by atoms with Crippen LogP contribution in [0, 0.1) is 11.8 Å². The van der Waals surface area contributed by atoms with Crippen LogP contribution in [0.15, 0.2) is 43.0 Å². The molecular weight excluding hydrogens is 706 g/mol. The van der Waals surface area contributed by atoms with Crippen molar-refractivity contribution in [2.75, 3.05) is 13.1 Å². The number of amides is 2. The summed E-state index contributed by atoms with van der Waals surface area (Å²) in [6, 6.07) is 1.09. The first-order valence-corrected chi connectivity index (χ1v) is 17.8. The minimum Gasteiger partial charge on any atom is -0.444 e. The summed E-state index contributed by atoms with van der Waals surface area (Å²) in [6.45, 7) is 9.53. The van der Waals surface area contributed by atoms with Gasteiger partial charge in [0.15, 0.2) is 0 Å².